The van der Waals surface area contributed by atoms with E-state index in [1.54, 1.807) is 0 Å². The van der Waals surface area contributed by atoms with Crippen LogP contribution in [0.1, 0.15) is 117 Å². The number of ether oxygens (including phenoxy) is 5. The van der Waals surface area contributed by atoms with E-state index in [-0.39, 0.29) is 19.1 Å². The molecular formula is C28H48O9. The fourth-order valence-electron chi connectivity index (χ4n) is 4.97. The lowest BCUT2D eigenvalue weighted by Crippen LogP contribution is -2.62. The number of hydrogen-bond donors (Lipinski definition) is 1. The molecule has 6 atom stereocenters. The zero-order chi connectivity index (χ0) is 27.0. The SMILES string of the molecule is CCCCCC1CCCCCCCCCCCC(=O)OC2C(O1)OC(COC(C)=O)C(O)C2OC(C)=O. The summed E-state index contributed by atoms with van der Waals surface area (Å²) in [5.74, 6) is -1.60. The van der Waals surface area contributed by atoms with E-state index in [0.717, 1.165) is 57.8 Å². The summed E-state index contributed by atoms with van der Waals surface area (Å²) in [5.41, 5.74) is 0. The molecule has 0 spiro atoms. The number of carbonyl (C=O) groups is 3. The molecule has 0 aromatic heterocycles. The molecule has 9 heteroatoms. The molecule has 0 saturated carbocycles. The number of esters is 3. The van der Waals surface area contributed by atoms with Crippen molar-refractivity contribution in [1.29, 1.82) is 0 Å². The molecule has 0 bridgehead atoms. The second-order valence-corrected chi connectivity index (χ2v) is 10.3. The van der Waals surface area contributed by atoms with E-state index < -0.39 is 48.6 Å². The van der Waals surface area contributed by atoms with Gasteiger partial charge in [0.2, 0.25) is 0 Å². The van der Waals surface area contributed by atoms with Crippen LogP contribution in [0.4, 0.5) is 0 Å². The summed E-state index contributed by atoms with van der Waals surface area (Å²) in [6.45, 7) is 4.40. The fourth-order valence-corrected chi connectivity index (χ4v) is 4.97. The Morgan fingerprint density at radius 2 is 1.57 bits per heavy atom. The summed E-state index contributed by atoms with van der Waals surface area (Å²) in [6.07, 6.45) is 8.76. The standard InChI is InChI=1S/C28H48O9/c1-4-5-13-16-22-17-14-11-9-7-6-8-10-12-15-18-24(31)37-27-26(34-21(3)30)25(32)23(19-33-20(2)29)36-28(27)35-22/h22-23,25-28,32H,4-19H2,1-3H3. The first-order valence-corrected chi connectivity index (χ1v) is 14.3. The molecule has 9 nitrogen and oxygen atoms in total. The lowest BCUT2D eigenvalue weighted by Gasteiger charge is -2.44. The second-order valence-electron chi connectivity index (χ2n) is 10.3. The Bertz CT molecular complexity index is 683. The number of carbonyl (C=O) groups excluding carboxylic acids is 3. The molecule has 0 aromatic carbocycles. The van der Waals surface area contributed by atoms with Crippen molar-refractivity contribution in [3.8, 4) is 0 Å². The minimum absolute atomic E-state index is 0.143. The Hall–Kier alpha value is -1.71. The molecule has 0 amide bonds. The van der Waals surface area contributed by atoms with Crippen LogP contribution in [0, 0.1) is 0 Å². The molecule has 2 fully saturated rings. The lowest BCUT2D eigenvalue weighted by atomic mass is 9.98. The predicted octanol–water partition coefficient (Wildman–Crippen LogP) is 4.75. The van der Waals surface area contributed by atoms with E-state index in [0.29, 0.717) is 6.42 Å². The second kappa shape index (κ2) is 17.7. The zero-order valence-electron chi connectivity index (χ0n) is 23.0. The number of aliphatic hydroxyl groups is 1. The Kier molecular flexibility index (Phi) is 15.1. The molecule has 1 N–H and O–H groups in total. The normalized spacial score (nSPS) is 30.9. The van der Waals surface area contributed by atoms with Crippen LogP contribution < -0.4 is 0 Å². The van der Waals surface area contributed by atoms with E-state index in [9.17, 15) is 19.5 Å². The Balaban J connectivity index is 2.29. The molecule has 214 valence electrons. The van der Waals surface area contributed by atoms with Crippen molar-refractivity contribution in [3.05, 3.63) is 0 Å². The third-order valence-electron chi connectivity index (χ3n) is 7.00. The van der Waals surface area contributed by atoms with Crippen LogP contribution in [0.5, 0.6) is 0 Å². The third kappa shape index (κ3) is 12.1. The maximum atomic E-state index is 12.8. The summed E-state index contributed by atoms with van der Waals surface area (Å²) in [6, 6.07) is 0. The Morgan fingerprint density at radius 3 is 2.19 bits per heavy atom. The van der Waals surface area contributed by atoms with E-state index in [1.807, 2.05) is 0 Å². The molecule has 0 aromatic rings. The van der Waals surface area contributed by atoms with Gasteiger partial charge in [0.1, 0.15) is 18.8 Å². The molecule has 2 aliphatic rings. The molecule has 2 rings (SSSR count). The zero-order valence-corrected chi connectivity index (χ0v) is 23.0. The Morgan fingerprint density at radius 1 is 0.919 bits per heavy atom. The van der Waals surface area contributed by atoms with Gasteiger partial charge in [-0.15, -0.1) is 0 Å². The van der Waals surface area contributed by atoms with Crippen LogP contribution >= 0.6 is 0 Å². The number of rotatable bonds is 7. The van der Waals surface area contributed by atoms with Crippen LogP contribution in [-0.4, -0.2) is 66.4 Å². The van der Waals surface area contributed by atoms with Gasteiger partial charge >= 0.3 is 17.9 Å². The van der Waals surface area contributed by atoms with E-state index in [2.05, 4.69) is 6.92 Å². The summed E-state index contributed by atoms with van der Waals surface area (Å²) in [4.78, 5) is 36.2. The highest BCUT2D eigenvalue weighted by molar-refractivity contribution is 5.70. The van der Waals surface area contributed by atoms with Crippen molar-refractivity contribution < 1.29 is 43.2 Å². The van der Waals surface area contributed by atoms with Gasteiger partial charge in [-0.3, -0.25) is 14.4 Å². The quantitative estimate of drug-likeness (QED) is 0.284. The monoisotopic (exact) mass is 528 g/mol. The summed E-state index contributed by atoms with van der Waals surface area (Å²) in [5, 5.41) is 11.0. The van der Waals surface area contributed by atoms with E-state index in [4.69, 9.17) is 23.7 Å². The van der Waals surface area contributed by atoms with Crippen molar-refractivity contribution in [2.24, 2.45) is 0 Å². The summed E-state index contributed by atoms with van der Waals surface area (Å²) in [7, 11) is 0. The van der Waals surface area contributed by atoms with Crippen LogP contribution in [0.2, 0.25) is 0 Å². The van der Waals surface area contributed by atoms with Gasteiger partial charge in [-0.2, -0.15) is 0 Å². The van der Waals surface area contributed by atoms with Gasteiger partial charge < -0.3 is 28.8 Å². The third-order valence-corrected chi connectivity index (χ3v) is 7.00. The van der Waals surface area contributed by atoms with Crippen molar-refractivity contribution in [2.45, 2.75) is 154 Å². The maximum absolute atomic E-state index is 12.8. The molecule has 2 heterocycles. The largest absolute Gasteiger partial charge is 0.463 e. The minimum atomic E-state index is -1.37. The van der Waals surface area contributed by atoms with Gasteiger partial charge in [0.05, 0.1) is 6.10 Å². The molecule has 0 radical (unpaired) electrons. The average Bonchev–Trinajstić information content (AvgIpc) is 2.84. The number of hydrogen-bond acceptors (Lipinski definition) is 9. The van der Waals surface area contributed by atoms with Crippen molar-refractivity contribution in [2.75, 3.05) is 6.61 Å². The highest BCUT2D eigenvalue weighted by Gasteiger charge is 2.51. The molecule has 0 aliphatic carbocycles. The van der Waals surface area contributed by atoms with Crippen molar-refractivity contribution >= 4 is 17.9 Å². The minimum Gasteiger partial charge on any atom is -0.463 e. The van der Waals surface area contributed by atoms with Crippen LogP contribution in [0.25, 0.3) is 0 Å². The molecule has 6 unspecified atom stereocenters. The molecule has 2 aliphatic heterocycles. The fraction of sp³-hybridized carbons (Fsp3) is 0.893. The van der Waals surface area contributed by atoms with E-state index in [1.165, 1.54) is 39.5 Å². The molecule has 37 heavy (non-hydrogen) atoms. The van der Waals surface area contributed by atoms with Crippen LogP contribution in [0.15, 0.2) is 0 Å². The average molecular weight is 529 g/mol. The maximum Gasteiger partial charge on any atom is 0.306 e. The first-order chi connectivity index (χ1) is 17.8. The summed E-state index contributed by atoms with van der Waals surface area (Å²) < 4.78 is 28.8. The topological polar surface area (TPSA) is 118 Å². The van der Waals surface area contributed by atoms with Gasteiger partial charge in [0, 0.05) is 20.3 Å². The summed E-state index contributed by atoms with van der Waals surface area (Å²) >= 11 is 0. The first kappa shape index (κ1) is 31.5. The first-order valence-electron chi connectivity index (χ1n) is 14.3. The van der Waals surface area contributed by atoms with Gasteiger partial charge in [0.15, 0.2) is 18.5 Å². The van der Waals surface area contributed by atoms with Crippen molar-refractivity contribution in [1.82, 2.24) is 0 Å². The van der Waals surface area contributed by atoms with Gasteiger partial charge in [-0.05, 0) is 19.3 Å². The van der Waals surface area contributed by atoms with Gasteiger partial charge in [-0.1, -0.05) is 77.6 Å². The smallest absolute Gasteiger partial charge is 0.306 e. The predicted molar refractivity (Wildman–Crippen MR) is 137 cm³/mol. The molecular weight excluding hydrogens is 480 g/mol. The number of fused-ring (bicyclic) bond motifs is 1. The number of aliphatic hydroxyl groups excluding tert-OH is 1. The van der Waals surface area contributed by atoms with Crippen LogP contribution in [0.3, 0.4) is 0 Å². The van der Waals surface area contributed by atoms with Gasteiger partial charge in [-0.25, -0.2) is 0 Å². The van der Waals surface area contributed by atoms with E-state index >= 15 is 0 Å². The molecule has 2 saturated heterocycles. The lowest BCUT2D eigenvalue weighted by molar-refractivity contribution is -0.316. The van der Waals surface area contributed by atoms with Gasteiger partial charge in [0.25, 0.3) is 0 Å². The van der Waals surface area contributed by atoms with Crippen molar-refractivity contribution in [3.63, 3.8) is 0 Å². The highest BCUT2D eigenvalue weighted by Crippen LogP contribution is 2.30. The van der Waals surface area contributed by atoms with Crippen LogP contribution in [-0.2, 0) is 38.1 Å². The Labute approximate surface area is 221 Å². The highest BCUT2D eigenvalue weighted by atomic mass is 16.7. The number of unbranched alkanes of at least 4 members (excludes halogenated alkanes) is 2.